The van der Waals surface area contributed by atoms with Crippen molar-refractivity contribution in [2.45, 2.75) is 4.90 Å². The van der Waals surface area contributed by atoms with Gasteiger partial charge < -0.3 is 0 Å². The zero-order valence-corrected chi connectivity index (χ0v) is 14.2. The third-order valence-electron chi connectivity index (χ3n) is 4.89. The first kappa shape index (κ1) is 13.9. The van der Waals surface area contributed by atoms with Crippen LogP contribution in [0.4, 0.5) is 0 Å². The molecule has 0 aliphatic carbocycles. The maximum atomic E-state index is 2.35. The summed E-state index contributed by atoms with van der Waals surface area (Å²) in [5.41, 5.74) is 2.65. The molecule has 0 fully saturated rings. The second kappa shape index (κ2) is 5.25. The number of hydrogen-bond acceptors (Lipinski definition) is 1. The number of hydrogen-bond donors (Lipinski definition) is 0. The largest absolute Gasteiger partial charge is 0.129 e. The fourth-order valence-electron chi connectivity index (χ4n) is 3.85. The molecule has 5 aromatic rings. The Morgan fingerprint density at radius 3 is 2.08 bits per heavy atom. The summed E-state index contributed by atoms with van der Waals surface area (Å²) in [6.07, 6.45) is 2.17. The molecule has 0 atom stereocenters. The highest BCUT2D eigenvalue weighted by atomic mass is 32.2. The van der Waals surface area contributed by atoms with Crippen LogP contribution in [0.3, 0.4) is 0 Å². The summed E-state index contributed by atoms with van der Waals surface area (Å²) in [5.74, 6) is 0. The molecule has 5 aromatic carbocycles. The van der Waals surface area contributed by atoms with E-state index in [1.54, 1.807) is 0 Å². The molecule has 114 valence electrons. The SMILES string of the molecule is CSc1cc2ccc3cccc4ccc(c1-c1ccccc1)c2c34. The minimum Gasteiger partial charge on any atom is -0.129 e. The van der Waals surface area contributed by atoms with Gasteiger partial charge in [0.1, 0.15) is 0 Å². The number of thioether (sulfide) groups is 1. The topological polar surface area (TPSA) is 0 Å². The first-order chi connectivity index (χ1) is 11.9. The monoisotopic (exact) mass is 324 g/mol. The zero-order valence-electron chi connectivity index (χ0n) is 13.4. The van der Waals surface area contributed by atoms with E-state index in [1.807, 2.05) is 11.8 Å². The minimum absolute atomic E-state index is 1.29. The fourth-order valence-corrected chi connectivity index (χ4v) is 4.52. The maximum Gasteiger partial charge on any atom is 0.0160 e. The van der Waals surface area contributed by atoms with Gasteiger partial charge in [-0.1, -0.05) is 72.8 Å². The van der Waals surface area contributed by atoms with Crippen molar-refractivity contribution in [3.8, 4) is 11.1 Å². The van der Waals surface area contributed by atoms with E-state index in [9.17, 15) is 0 Å². The molecular weight excluding hydrogens is 308 g/mol. The molecule has 24 heavy (non-hydrogen) atoms. The van der Waals surface area contributed by atoms with E-state index >= 15 is 0 Å². The molecule has 0 saturated carbocycles. The van der Waals surface area contributed by atoms with Gasteiger partial charge in [0.05, 0.1) is 0 Å². The second-order valence-electron chi connectivity index (χ2n) is 6.18. The molecule has 0 aliphatic rings. The van der Waals surface area contributed by atoms with E-state index in [0.717, 1.165) is 0 Å². The van der Waals surface area contributed by atoms with Crippen molar-refractivity contribution in [1.82, 2.24) is 0 Å². The Balaban J connectivity index is 2.05. The Bertz CT molecular complexity index is 1160. The summed E-state index contributed by atoms with van der Waals surface area (Å²) in [6, 6.07) is 28.7. The van der Waals surface area contributed by atoms with E-state index in [2.05, 4.69) is 85.1 Å². The first-order valence-corrected chi connectivity index (χ1v) is 9.39. The smallest absolute Gasteiger partial charge is 0.0160 e. The Morgan fingerprint density at radius 2 is 1.33 bits per heavy atom. The van der Waals surface area contributed by atoms with Gasteiger partial charge in [-0.25, -0.2) is 0 Å². The summed E-state index contributed by atoms with van der Waals surface area (Å²) >= 11 is 1.83. The van der Waals surface area contributed by atoms with Crippen LogP contribution in [0.25, 0.3) is 43.4 Å². The molecule has 0 spiro atoms. The van der Waals surface area contributed by atoms with Crippen molar-refractivity contribution >= 4 is 44.1 Å². The average molecular weight is 324 g/mol. The van der Waals surface area contributed by atoms with E-state index in [-0.39, 0.29) is 0 Å². The lowest BCUT2D eigenvalue weighted by atomic mass is 9.90. The molecule has 0 heterocycles. The lowest BCUT2D eigenvalue weighted by Crippen LogP contribution is -1.89. The zero-order chi connectivity index (χ0) is 16.1. The van der Waals surface area contributed by atoms with Crippen molar-refractivity contribution in [1.29, 1.82) is 0 Å². The Hall–Kier alpha value is -2.51. The lowest BCUT2D eigenvalue weighted by Gasteiger charge is -2.17. The van der Waals surface area contributed by atoms with Crippen molar-refractivity contribution in [3.05, 3.63) is 78.9 Å². The molecule has 0 radical (unpaired) electrons. The minimum atomic E-state index is 1.29. The summed E-state index contributed by atoms with van der Waals surface area (Å²) in [4.78, 5) is 1.34. The van der Waals surface area contributed by atoms with Crippen LogP contribution in [-0.4, -0.2) is 6.26 Å². The predicted octanol–water partition coefficient (Wildman–Crippen LogP) is 6.97. The Morgan fingerprint density at radius 1 is 0.625 bits per heavy atom. The van der Waals surface area contributed by atoms with Gasteiger partial charge >= 0.3 is 0 Å². The van der Waals surface area contributed by atoms with Crippen LogP contribution < -0.4 is 0 Å². The van der Waals surface area contributed by atoms with E-state index < -0.39 is 0 Å². The molecule has 0 nitrogen and oxygen atoms in total. The van der Waals surface area contributed by atoms with Crippen LogP contribution in [0.15, 0.2) is 83.8 Å². The Kier molecular flexibility index (Phi) is 3.04. The normalized spacial score (nSPS) is 11.7. The number of benzene rings is 5. The molecule has 5 rings (SSSR count). The standard InChI is InChI=1S/C23H16S/c1-24-20-14-18-11-10-16-8-5-9-17-12-13-19(23(18)21(16)17)22(20)15-6-3-2-4-7-15/h2-14H,1H3. The van der Waals surface area contributed by atoms with Crippen LogP contribution in [0.1, 0.15) is 0 Å². The second-order valence-corrected chi connectivity index (χ2v) is 7.02. The molecular formula is C23H16S. The van der Waals surface area contributed by atoms with Gasteiger partial charge in [-0.15, -0.1) is 11.8 Å². The van der Waals surface area contributed by atoms with Crippen LogP contribution in [0, 0.1) is 0 Å². The Labute approximate surface area is 145 Å². The van der Waals surface area contributed by atoms with Gasteiger partial charge in [-0.05, 0) is 50.2 Å². The van der Waals surface area contributed by atoms with E-state index in [1.165, 1.54) is 48.3 Å². The van der Waals surface area contributed by atoms with Crippen molar-refractivity contribution in [2.24, 2.45) is 0 Å². The van der Waals surface area contributed by atoms with Gasteiger partial charge in [0.25, 0.3) is 0 Å². The van der Waals surface area contributed by atoms with Crippen molar-refractivity contribution < 1.29 is 0 Å². The molecule has 1 heteroatoms. The van der Waals surface area contributed by atoms with Crippen LogP contribution in [0.5, 0.6) is 0 Å². The first-order valence-electron chi connectivity index (χ1n) is 8.17. The summed E-state index contributed by atoms with van der Waals surface area (Å²) in [7, 11) is 0. The quantitative estimate of drug-likeness (QED) is 0.249. The third kappa shape index (κ3) is 1.88. The van der Waals surface area contributed by atoms with Crippen molar-refractivity contribution in [2.75, 3.05) is 6.26 Å². The van der Waals surface area contributed by atoms with Crippen LogP contribution in [-0.2, 0) is 0 Å². The highest BCUT2D eigenvalue weighted by Gasteiger charge is 2.15. The van der Waals surface area contributed by atoms with Gasteiger partial charge in [-0.3, -0.25) is 0 Å². The van der Waals surface area contributed by atoms with E-state index in [0.29, 0.717) is 0 Å². The van der Waals surface area contributed by atoms with Gasteiger partial charge in [0.2, 0.25) is 0 Å². The molecule has 0 bridgehead atoms. The highest BCUT2D eigenvalue weighted by molar-refractivity contribution is 7.98. The van der Waals surface area contributed by atoms with Crippen molar-refractivity contribution in [3.63, 3.8) is 0 Å². The lowest BCUT2D eigenvalue weighted by molar-refractivity contribution is 1.51. The summed E-state index contributed by atoms with van der Waals surface area (Å²) < 4.78 is 0. The molecule has 0 unspecified atom stereocenters. The van der Waals surface area contributed by atoms with Crippen LogP contribution in [0.2, 0.25) is 0 Å². The third-order valence-corrected chi connectivity index (χ3v) is 5.66. The average Bonchev–Trinajstić information content (AvgIpc) is 2.66. The van der Waals surface area contributed by atoms with E-state index in [4.69, 9.17) is 0 Å². The molecule has 0 aromatic heterocycles. The number of rotatable bonds is 2. The maximum absolute atomic E-state index is 2.35. The molecule has 0 amide bonds. The van der Waals surface area contributed by atoms with Gasteiger partial charge in [-0.2, -0.15) is 0 Å². The molecule has 0 N–H and O–H groups in total. The van der Waals surface area contributed by atoms with Gasteiger partial charge in [0.15, 0.2) is 0 Å². The summed E-state index contributed by atoms with van der Waals surface area (Å²) in [5, 5.41) is 8.10. The summed E-state index contributed by atoms with van der Waals surface area (Å²) in [6.45, 7) is 0. The fraction of sp³-hybridized carbons (Fsp3) is 0.0435. The highest BCUT2D eigenvalue weighted by Crippen LogP contribution is 2.43. The predicted molar refractivity (Wildman–Crippen MR) is 107 cm³/mol. The molecule has 0 saturated heterocycles. The van der Waals surface area contributed by atoms with Gasteiger partial charge in [0, 0.05) is 10.5 Å². The van der Waals surface area contributed by atoms with Crippen LogP contribution >= 0.6 is 11.8 Å². The molecule has 0 aliphatic heterocycles.